The number of benzene rings is 2. The highest BCUT2D eigenvalue weighted by Crippen LogP contribution is 2.44. The Hall–Kier alpha value is -4.14. The summed E-state index contributed by atoms with van der Waals surface area (Å²) in [6.45, 7) is 2.07. The molecular weight excluding hydrogens is 436 g/mol. The molecular formula is C25H26N4O5. The molecule has 3 aromatic rings. The monoisotopic (exact) mass is 462 g/mol. The zero-order valence-electron chi connectivity index (χ0n) is 18.7. The Labute approximate surface area is 196 Å². The molecule has 0 saturated heterocycles. The average Bonchev–Trinajstić information content (AvgIpc) is 3.40. The first-order valence-electron chi connectivity index (χ1n) is 11.2. The van der Waals surface area contributed by atoms with Crippen LogP contribution in [0.25, 0.3) is 11.1 Å². The molecule has 0 spiro atoms. The van der Waals surface area contributed by atoms with Crippen LogP contribution in [0, 0.1) is 0 Å². The zero-order chi connectivity index (χ0) is 24.1. The summed E-state index contributed by atoms with van der Waals surface area (Å²) in [4.78, 5) is 35.8. The Bertz CT molecular complexity index is 1160. The molecule has 0 bridgehead atoms. The maximum atomic E-state index is 12.4. The van der Waals surface area contributed by atoms with Crippen LogP contribution in [0.1, 0.15) is 53.7 Å². The fourth-order valence-corrected chi connectivity index (χ4v) is 4.29. The van der Waals surface area contributed by atoms with Crippen LogP contribution in [0.15, 0.2) is 54.6 Å². The summed E-state index contributed by atoms with van der Waals surface area (Å²) >= 11 is 0. The molecule has 1 aliphatic rings. The van der Waals surface area contributed by atoms with Crippen LogP contribution in [0.2, 0.25) is 0 Å². The number of carboxylic acids is 1. The molecule has 0 saturated carbocycles. The van der Waals surface area contributed by atoms with E-state index in [1.165, 1.54) is 6.07 Å². The molecule has 1 aliphatic carbocycles. The van der Waals surface area contributed by atoms with Crippen molar-refractivity contribution in [1.82, 2.24) is 15.5 Å². The largest absolute Gasteiger partial charge is 0.481 e. The molecule has 1 atom stereocenters. The third kappa shape index (κ3) is 5.09. The molecule has 1 aromatic heterocycles. The maximum absolute atomic E-state index is 12.4. The number of carbonyl (C=O) groups is 3. The minimum absolute atomic E-state index is 0.0663. The van der Waals surface area contributed by atoms with Gasteiger partial charge in [-0.05, 0) is 28.7 Å². The Morgan fingerprint density at radius 2 is 1.74 bits per heavy atom. The Kier molecular flexibility index (Phi) is 6.91. The van der Waals surface area contributed by atoms with Crippen molar-refractivity contribution in [2.75, 3.05) is 11.9 Å². The SMILES string of the molecule is CCC[C@H](CC(=O)O)NC(=O)c1cc(NC(=O)OCC2c3ccccc3-c3ccccc32)n[nH]1. The van der Waals surface area contributed by atoms with Crippen LogP contribution >= 0.6 is 0 Å². The van der Waals surface area contributed by atoms with Gasteiger partial charge in [0.05, 0.1) is 6.42 Å². The summed E-state index contributed by atoms with van der Waals surface area (Å²) in [6, 6.07) is 17.0. The first kappa shape index (κ1) is 23.0. The number of carboxylic acid groups (broad SMARTS) is 1. The van der Waals surface area contributed by atoms with Gasteiger partial charge in [-0.15, -0.1) is 0 Å². The van der Waals surface area contributed by atoms with Gasteiger partial charge in [0.15, 0.2) is 5.82 Å². The fraction of sp³-hybridized carbons (Fsp3) is 0.280. The van der Waals surface area contributed by atoms with Gasteiger partial charge in [-0.2, -0.15) is 5.10 Å². The molecule has 0 aliphatic heterocycles. The Balaban J connectivity index is 1.35. The van der Waals surface area contributed by atoms with E-state index < -0.39 is 24.0 Å². The van der Waals surface area contributed by atoms with E-state index in [0.717, 1.165) is 28.7 Å². The van der Waals surface area contributed by atoms with Crippen molar-refractivity contribution in [3.63, 3.8) is 0 Å². The van der Waals surface area contributed by atoms with Crippen LogP contribution in [-0.2, 0) is 9.53 Å². The molecule has 2 amide bonds. The van der Waals surface area contributed by atoms with Gasteiger partial charge in [0.1, 0.15) is 12.3 Å². The number of nitrogens with zero attached hydrogens (tertiary/aromatic N) is 1. The number of hydrogen-bond donors (Lipinski definition) is 4. The molecule has 0 fully saturated rings. The number of ether oxygens (including phenoxy) is 1. The van der Waals surface area contributed by atoms with E-state index in [1.54, 1.807) is 0 Å². The van der Waals surface area contributed by atoms with Crippen LogP contribution in [0.3, 0.4) is 0 Å². The standard InChI is InChI=1S/C25H26N4O5/c1-2-7-15(12-23(30)31)26-24(32)21-13-22(29-28-21)27-25(33)34-14-20-18-10-5-3-8-16(18)17-9-4-6-11-19(17)20/h3-6,8-11,13,15,20H,2,7,12,14H2,1H3,(H,26,32)(H,30,31)(H2,27,28,29,33)/t15-/m1/s1. The Morgan fingerprint density at radius 1 is 1.09 bits per heavy atom. The van der Waals surface area contributed by atoms with Gasteiger partial charge < -0.3 is 15.2 Å². The topological polar surface area (TPSA) is 133 Å². The van der Waals surface area contributed by atoms with Gasteiger partial charge in [0, 0.05) is 18.0 Å². The number of H-pyrrole nitrogens is 1. The summed E-state index contributed by atoms with van der Waals surface area (Å²) in [5, 5.41) is 20.7. The summed E-state index contributed by atoms with van der Waals surface area (Å²) in [6.07, 6.45) is 0.417. The number of nitrogens with one attached hydrogen (secondary N) is 3. The third-order valence-corrected chi connectivity index (χ3v) is 5.79. The second kappa shape index (κ2) is 10.2. The molecule has 2 aromatic carbocycles. The lowest BCUT2D eigenvalue weighted by atomic mass is 9.98. The number of fused-ring (bicyclic) bond motifs is 3. The number of aromatic nitrogens is 2. The van der Waals surface area contributed by atoms with Crippen LogP contribution in [0.4, 0.5) is 10.6 Å². The van der Waals surface area contributed by atoms with Crippen molar-refractivity contribution in [2.45, 2.75) is 38.1 Å². The smallest absolute Gasteiger partial charge is 0.412 e. The minimum atomic E-state index is -0.985. The maximum Gasteiger partial charge on any atom is 0.412 e. The fourth-order valence-electron chi connectivity index (χ4n) is 4.29. The quantitative estimate of drug-likeness (QED) is 0.378. The van der Waals surface area contributed by atoms with Crippen molar-refractivity contribution in [3.05, 3.63) is 71.4 Å². The molecule has 9 nitrogen and oxygen atoms in total. The second-order valence-electron chi connectivity index (χ2n) is 8.17. The minimum Gasteiger partial charge on any atom is -0.481 e. The molecule has 34 heavy (non-hydrogen) atoms. The number of hydrogen-bond acceptors (Lipinski definition) is 5. The number of carbonyl (C=O) groups excluding carboxylic acids is 2. The summed E-state index contributed by atoms with van der Waals surface area (Å²) in [7, 11) is 0. The summed E-state index contributed by atoms with van der Waals surface area (Å²) in [5.41, 5.74) is 4.61. The first-order chi connectivity index (χ1) is 16.5. The van der Waals surface area contributed by atoms with E-state index in [1.807, 2.05) is 43.3 Å². The molecule has 1 heterocycles. The molecule has 176 valence electrons. The third-order valence-electron chi connectivity index (χ3n) is 5.79. The van der Waals surface area contributed by atoms with E-state index in [4.69, 9.17) is 9.84 Å². The van der Waals surface area contributed by atoms with E-state index in [9.17, 15) is 14.4 Å². The Morgan fingerprint density at radius 3 is 2.35 bits per heavy atom. The van der Waals surface area contributed by atoms with Crippen molar-refractivity contribution in [1.29, 1.82) is 0 Å². The number of aliphatic carboxylic acids is 1. The number of anilines is 1. The highest BCUT2D eigenvalue weighted by Gasteiger charge is 2.29. The van der Waals surface area contributed by atoms with E-state index in [0.29, 0.717) is 6.42 Å². The molecule has 4 rings (SSSR count). The lowest BCUT2D eigenvalue weighted by Crippen LogP contribution is -2.36. The van der Waals surface area contributed by atoms with Gasteiger partial charge in [0.2, 0.25) is 0 Å². The van der Waals surface area contributed by atoms with Crippen molar-refractivity contribution in [3.8, 4) is 11.1 Å². The summed E-state index contributed by atoms with van der Waals surface area (Å²) < 4.78 is 5.48. The highest BCUT2D eigenvalue weighted by atomic mass is 16.5. The predicted molar refractivity (Wildman–Crippen MR) is 126 cm³/mol. The number of aromatic amines is 1. The van der Waals surface area contributed by atoms with Gasteiger partial charge in [-0.1, -0.05) is 61.9 Å². The zero-order valence-corrected chi connectivity index (χ0v) is 18.7. The van der Waals surface area contributed by atoms with Gasteiger partial charge >= 0.3 is 12.1 Å². The van der Waals surface area contributed by atoms with Crippen LogP contribution in [-0.4, -0.2) is 45.9 Å². The summed E-state index contributed by atoms with van der Waals surface area (Å²) in [5.74, 6) is -1.41. The number of rotatable bonds is 9. The second-order valence-corrected chi connectivity index (χ2v) is 8.17. The van der Waals surface area contributed by atoms with E-state index in [-0.39, 0.29) is 30.5 Å². The van der Waals surface area contributed by atoms with Gasteiger partial charge in [-0.3, -0.25) is 20.0 Å². The average molecular weight is 463 g/mol. The van der Waals surface area contributed by atoms with E-state index in [2.05, 4.69) is 33.0 Å². The normalized spacial score (nSPS) is 13.0. The molecule has 0 radical (unpaired) electrons. The van der Waals surface area contributed by atoms with Crippen LogP contribution < -0.4 is 10.6 Å². The van der Waals surface area contributed by atoms with E-state index >= 15 is 0 Å². The molecule has 0 unspecified atom stereocenters. The van der Waals surface area contributed by atoms with Gasteiger partial charge in [0.25, 0.3) is 5.91 Å². The van der Waals surface area contributed by atoms with Gasteiger partial charge in [-0.25, -0.2) is 4.79 Å². The molecule has 9 heteroatoms. The lowest BCUT2D eigenvalue weighted by molar-refractivity contribution is -0.137. The highest BCUT2D eigenvalue weighted by molar-refractivity contribution is 5.94. The number of amides is 2. The van der Waals surface area contributed by atoms with Crippen LogP contribution in [0.5, 0.6) is 0 Å². The first-order valence-corrected chi connectivity index (χ1v) is 11.2. The van der Waals surface area contributed by atoms with Crippen molar-refractivity contribution >= 4 is 23.8 Å². The lowest BCUT2D eigenvalue weighted by Gasteiger charge is -2.15. The van der Waals surface area contributed by atoms with Crippen molar-refractivity contribution in [2.24, 2.45) is 0 Å². The van der Waals surface area contributed by atoms with Crippen molar-refractivity contribution < 1.29 is 24.2 Å². The predicted octanol–water partition coefficient (Wildman–Crippen LogP) is 4.14. The molecule has 4 N–H and O–H groups in total.